The second-order valence-electron chi connectivity index (χ2n) is 3.30. The van der Waals surface area contributed by atoms with Gasteiger partial charge in [0.1, 0.15) is 9.88 Å². The van der Waals surface area contributed by atoms with Gasteiger partial charge in [-0.15, -0.1) is 11.3 Å². The van der Waals surface area contributed by atoms with Crippen molar-refractivity contribution in [3.05, 3.63) is 39.3 Å². The highest BCUT2D eigenvalue weighted by molar-refractivity contribution is 9.10. The zero-order chi connectivity index (χ0) is 11.7. The maximum absolute atomic E-state index is 11.1. The highest BCUT2D eigenvalue weighted by Gasteiger charge is 2.13. The van der Waals surface area contributed by atoms with E-state index in [0.717, 1.165) is 15.0 Å². The first-order valence-electron chi connectivity index (χ1n) is 4.61. The van der Waals surface area contributed by atoms with E-state index < -0.39 is 5.91 Å². The third kappa shape index (κ3) is 2.15. The Morgan fingerprint density at radius 2 is 2.00 bits per heavy atom. The number of amides is 1. The molecular formula is C11H9BrN2OS. The van der Waals surface area contributed by atoms with Gasteiger partial charge in [0.2, 0.25) is 0 Å². The fraction of sp³-hybridized carbons (Fsp3) is 0.0909. The summed E-state index contributed by atoms with van der Waals surface area (Å²) in [6.45, 7) is 1.79. The molecule has 2 aromatic rings. The van der Waals surface area contributed by atoms with Crippen LogP contribution in [0.4, 0.5) is 0 Å². The van der Waals surface area contributed by atoms with Crippen LogP contribution in [0.25, 0.3) is 10.6 Å². The number of carbonyl (C=O) groups is 1. The van der Waals surface area contributed by atoms with E-state index in [1.54, 1.807) is 6.92 Å². The monoisotopic (exact) mass is 296 g/mol. The van der Waals surface area contributed by atoms with Crippen molar-refractivity contribution in [3.63, 3.8) is 0 Å². The van der Waals surface area contributed by atoms with E-state index in [9.17, 15) is 4.79 Å². The van der Waals surface area contributed by atoms with Crippen molar-refractivity contribution in [1.29, 1.82) is 0 Å². The SMILES string of the molecule is Cc1nc(-c2ccc(Br)cc2)sc1C(N)=O. The molecule has 0 spiro atoms. The van der Waals surface area contributed by atoms with Crippen molar-refractivity contribution in [3.8, 4) is 10.6 Å². The van der Waals surface area contributed by atoms with E-state index >= 15 is 0 Å². The van der Waals surface area contributed by atoms with E-state index in [-0.39, 0.29) is 0 Å². The summed E-state index contributed by atoms with van der Waals surface area (Å²) in [6.07, 6.45) is 0. The van der Waals surface area contributed by atoms with Crippen LogP contribution < -0.4 is 5.73 Å². The Kier molecular flexibility index (Phi) is 3.07. The van der Waals surface area contributed by atoms with Crippen LogP contribution in [0, 0.1) is 6.92 Å². The number of aromatic nitrogens is 1. The topological polar surface area (TPSA) is 56.0 Å². The maximum atomic E-state index is 11.1. The second-order valence-corrected chi connectivity index (χ2v) is 5.22. The van der Waals surface area contributed by atoms with Crippen LogP contribution in [-0.4, -0.2) is 10.9 Å². The molecule has 0 radical (unpaired) electrons. The molecule has 5 heteroatoms. The van der Waals surface area contributed by atoms with E-state index in [4.69, 9.17) is 5.73 Å². The summed E-state index contributed by atoms with van der Waals surface area (Å²) in [6, 6.07) is 7.78. The third-order valence-electron chi connectivity index (χ3n) is 2.11. The molecule has 82 valence electrons. The first-order chi connectivity index (χ1) is 7.58. The summed E-state index contributed by atoms with van der Waals surface area (Å²) in [7, 11) is 0. The number of rotatable bonds is 2. The second kappa shape index (κ2) is 4.35. The molecular weight excluding hydrogens is 288 g/mol. The Morgan fingerprint density at radius 3 is 2.50 bits per heavy atom. The van der Waals surface area contributed by atoms with Crippen LogP contribution in [0.15, 0.2) is 28.7 Å². The van der Waals surface area contributed by atoms with E-state index in [1.807, 2.05) is 24.3 Å². The van der Waals surface area contributed by atoms with Crippen LogP contribution in [0.2, 0.25) is 0 Å². The minimum Gasteiger partial charge on any atom is -0.365 e. The number of halogens is 1. The number of hydrogen-bond acceptors (Lipinski definition) is 3. The van der Waals surface area contributed by atoms with Gasteiger partial charge < -0.3 is 5.73 Å². The molecule has 1 aromatic carbocycles. The van der Waals surface area contributed by atoms with E-state index in [2.05, 4.69) is 20.9 Å². The molecule has 0 bridgehead atoms. The smallest absolute Gasteiger partial charge is 0.260 e. The van der Waals surface area contributed by atoms with Gasteiger partial charge in [0.15, 0.2) is 0 Å². The Hall–Kier alpha value is -1.20. The van der Waals surface area contributed by atoms with E-state index in [1.165, 1.54) is 11.3 Å². The van der Waals surface area contributed by atoms with Gasteiger partial charge in [0.05, 0.1) is 5.69 Å². The maximum Gasteiger partial charge on any atom is 0.260 e. The number of thiazole rings is 1. The fourth-order valence-electron chi connectivity index (χ4n) is 1.34. The molecule has 1 aromatic heterocycles. The Labute approximate surface area is 105 Å². The Bertz CT molecular complexity index is 533. The normalized spacial score (nSPS) is 10.4. The van der Waals surface area contributed by atoms with Crippen molar-refractivity contribution in [1.82, 2.24) is 4.98 Å². The molecule has 16 heavy (non-hydrogen) atoms. The molecule has 1 amide bonds. The number of benzene rings is 1. The average Bonchev–Trinajstić information content (AvgIpc) is 2.61. The van der Waals surface area contributed by atoms with Crippen molar-refractivity contribution < 1.29 is 4.79 Å². The summed E-state index contributed by atoms with van der Waals surface area (Å²) in [4.78, 5) is 16.0. The van der Waals surface area contributed by atoms with Crippen molar-refractivity contribution >= 4 is 33.2 Å². The van der Waals surface area contributed by atoms with Gasteiger partial charge in [-0.25, -0.2) is 4.98 Å². The third-order valence-corrected chi connectivity index (χ3v) is 3.86. The van der Waals surface area contributed by atoms with Crippen molar-refractivity contribution in [2.24, 2.45) is 5.73 Å². The lowest BCUT2D eigenvalue weighted by Gasteiger charge is -1.95. The molecule has 3 nitrogen and oxygen atoms in total. The molecule has 0 saturated carbocycles. The highest BCUT2D eigenvalue weighted by Crippen LogP contribution is 2.28. The van der Waals surface area contributed by atoms with Crippen molar-refractivity contribution in [2.75, 3.05) is 0 Å². The fourth-order valence-corrected chi connectivity index (χ4v) is 2.53. The number of nitrogens with two attached hydrogens (primary N) is 1. The molecule has 0 aliphatic heterocycles. The molecule has 0 saturated heterocycles. The lowest BCUT2D eigenvalue weighted by molar-refractivity contribution is 0.100. The predicted octanol–water partition coefficient (Wildman–Crippen LogP) is 2.98. The minimum atomic E-state index is -0.418. The highest BCUT2D eigenvalue weighted by atomic mass is 79.9. The quantitative estimate of drug-likeness (QED) is 0.926. The number of carbonyl (C=O) groups excluding carboxylic acids is 1. The van der Waals surface area contributed by atoms with Gasteiger partial charge in [-0.3, -0.25) is 4.79 Å². The molecule has 0 fully saturated rings. The van der Waals surface area contributed by atoms with Gasteiger partial charge in [-0.1, -0.05) is 28.1 Å². The van der Waals surface area contributed by atoms with Gasteiger partial charge in [0.25, 0.3) is 5.91 Å². The van der Waals surface area contributed by atoms with Crippen LogP contribution in [0.5, 0.6) is 0 Å². The number of aryl methyl sites for hydroxylation is 1. The molecule has 0 aliphatic carbocycles. The van der Waals surface area contributed by atoms with Gasteiger partial charge in [-0.05, 0) is 19.1 Å². The number of hydrogen-bond donors (Lipinski definition) is 1. The zero-order valence-corrected chi connectivity index (χ0v) is 10.9. The van der Waals surface area contributed by atoms with Gasteiger partial charge in [0, 0.05) is 10.0 Å². The first kappa shape index (κ1) is 11.3. The molecule has 1 heterocycles. The molecule has 2 rings (SSSR count). The summed E-state index contributed by atoms with van der Waals surface area (Å²) < 4.78 is 1.01. The largest absolute Gasteiger partial charge is 0.365 e. The summed E-state index contributed by atoms with van der Waals surface area (Å²) >= 11 is 4.70. The lowest BCUT2D eigenvalue weighted by atomic mass is 10.2. The number of primary amides is 1. The molecule has 2 N–H and O–H groups in total. The Morgan fingerprint density at radius 1 is 1.38 bits per heavy atom. The van der Waals surface area contributed by atoms with Crippen molar-refractivity contribution in [2.45, 2.75) is 6.92 Å². The number of nitrogens with zero attached hydrogens (tertiary/aromatic N) is 1. The standard InChI is InChI=1S/C11H9BrN2OS/c1-6-9(10(13)15)16-11(14-6)7-2-4-8(12)5-3-7/h2-5H,1H3,(H2,13,15). The Balaban J connectivity index is 2.45. The zero-order valence-electron chi connectivity index (χ0n) is 8.53. The summed E-state index contributed by atoms with van der Waals surface area (Å²) in [5.74, 6) is -0.418. The molecule has 0 unspecified atom stereocenters. The van der Waals surface area contributed by atoms with Crippen LogP contribution >= 0.6 is 27.3 Å². The first-order valence-corrected chi connectivity index (χ1v) is 6.22. The minimum absolute atomic E-state index is 0.418. The summed E-state index contributed by atoms with van der Waals surface area (Å²) in [5, 5.41) is 0.818. The lowest BCUT2D eigenvalue weighted by Crippen LogP contribution is -2.09. The van der Waals surface area contributed by atoms with Gasteiger partial charge in [-0.2, -0.15) is 0 Å². The predicted molar refractivity (Wildman–Crippen MR) is 68.5 cm³/mol. The van der Waals surface area contributed by atoms with Gasteiger partial charge >= 0.3 is 0 Å². The van der Waals surface area contributed by atoms with Crippen LogP contribution in [0.3, 0.4) is 0 Å². The summed E-state index contributed by atoms with van der Waals surface area (Å²) in [5.41, 5.74) is 6.93. The molecule has 0 aliphatic rings. The van der Waals surface area contributed by atoms with E-state index in [0.29, 0.717) is 10.6 Å². The molecule has 0 atom stereocenters. The van der Waals surface area contributed by atoms with Crippen LogP contribution in [0.1, 0.15) is 15.4 Å². The van der Waals surface area contributed by atoms with Crippen LogP contribution in [-0.2, 0) is 0 Å². The average molecular weight is 297 g/mol.